The first kappa shape index (κ1) is 22.4. The van der Waals surface area contributed by atoms with Gasteiger partial charge in [-0.05, 0) is 48.2 Å². The van der Waals surface area contributed by atoms with Crippen molar-refractivity contribution in [1.29, 1.82) is 5.26 Å². The summed E-state index contributed by atoms with van der Waals surface area (Å²) in [5, 5.41) is 9.70. The molecule has 180 valence electrons. The van der Waals surface area contributed by atoms with Gasteiger partial charge >= 0.3 is 0 Å². The van der Waals surface area contributed by atoms with Crippen molar-refractivity contribution >= 4 is 11.2 Å². The molecule has 2 aliphatic heterocycles. The molecular formula is C29H23F2N3O2. The lowest BCUT2D eigenvalue weighted by atomic mass is 9.89. The average molecular weight is 484 g/mol. The number of allylic oxidation sites excluding steroid dienone is 1. The number of benzene rings is 2. The Kier molecular flexibility index (Phi) is 5.54. The highest BCUT2D eigenvalue weighted by Gasteiger charge is 2.26. The molecule has 2 aromatic carbocycles. The molecule has 1 saturated heterocycles. The second-order valence-electron chi connectivity index (χ2n) is 9.29. The van der Waals surface area contributed by atoms with Crippen molar-refractivity contribution in [3.05, 3.63) is 106 Å². The first-order chi connectivity index (χ1) is 17.5. The summed E-state index contributed by atoms with van der Waals surface area (Å²) in [6.45, 7) is 3.31. The largest absolute Gasteiger partial charge is 0.488 e. The maximum absolute atomic E-state index is 14.0. The number of fused-ring (bicyclic) bond motifs is 3. The van der Waals surface area contributed by atoms with Crippen LogP contribution in [0.4, 0.5) is 8.78 Å². The van der Waals surface area contributed by atoms with E-state index in [-0.39, 0.29) is 24.2 Å². The van der Waals surface area contributed by atoms with E-state index in [0.29, 0.717) is 42.2 Å². The number of imidazole rings is 1. The van der Waals surface area contributed by atoms with Crippen LogP contribution in [-0.2, 0) is 17.8 Å². The Labute approximate surface area is 207 Å². The summed E-state index contributed by atoms with van der Waals surface area (Å²) in [4.78, 5) is 4.78. The lowest BCUT2D eigenvalue weighted by Gasteiger charge is -2.14. The Morgan fingerprint density at radius 2 is 1.94 bits per heavy atom. The topological polar surface area (TPSA) is 59.5 Å². The summed E-state index contributed by atoms with van der Waals surface area (Å²) >= 11 is 0. The van der Waals surface area contributed by atoms with Crippen LogP contribution in [0.3, 0.4) is 0 Å². The molecule has 0 bridgehead atoms. The van der Waals surface area contributed by atoms with Gasteiger partial charge in [-0.3, -0.25) is 0 Å². The number of halogens is 2. The van der Waals surface area contributed by atoms with Crippen molar-refractivity contribution in [3.63, 3.8) is 0 Å². The maximum Gasteiger partial charge on any atom is 0.140 e. The van der Waals surface area contributed by atoms with Gasteiger partial charge in [0, 0.05) is 54.0 Å². The average Bonchev–Trinajstić information content (AvgIpc) is 3.49. The van der Waals surface area contributed by atoms with E-state index in [9.17, 15) is 14.0 Å². The van der Waals surface area contributed by atoms with E-state index in [1.807, 2.05) is 16.5 Å². The third-order valence-corrected chi connectivity index (χ3v) is 6.98. The minimum atomic E-state index is -0.387. The molecule has 0 amide bonds. The van der Waals surface area contributed by atoms with Crippen molar-refractivity contribution in [2.45, 2.75) is 32.3 Å². The standard InChI is InChI=1S/C29H23F2N3O2/c1-17(14-32)28-23-4-2-18(10-20(23)16-36-26-12-21(30)3-5-24(26)28)11-25-29(19-7-9-35-15-19)33-27-13-22(31)6-8-34(25)27/h2-6,8,10,12-13,19H,7,9,11,15-16H2,1H3. The second-order valence-corrected chi connectivity index (χ2v) is 9.29. The predicted octanol–water partition coefficient (Wildman–Crippen LogP) is 5.94. The SMILES string of the molecule is CC(C#N)=C1c2ccc(Cc3c(C4CCOC4)nc4cc(F)ccn34)cc2COc2cc(F)ccc21. The molecule has 0 N–H and O–H groups in total. The third-order valence-electron chi connectivity index (χ3n) is 6.98. The minimum Gasteiger partial charge on any atom is -0.488 e. The molecule has 4 aromatic rings. The molecule has 2 aromatic heterocycles. The van der Waals surface area contributed by atoms with Gasteiger partial charge in [-0.25, -0.2) is 13.8 Å². The zero-order valence-electron chi connectivity index (χ0n) is 19.7. The fourth-order valence-electron chi connectivity index (χ4n) is 5.24. The Hall–Kier alpha value is -4.02. The van der Waals surface area contributed by atoms with Crippen LogP contribution in [-0.4, -0.2) is 22.6 Å². The number of nitrogens with zero attached hydrogens (tertiary/aromatic N) is 3. The first-order valence-corrected chi connectivity index (χ1v) is 11.9. The molecule has 0 aliphatic carbocycles. The van der Waals surface area contributed by atoms with E-state index >= 15 is 0 Å². The van der Waals surface area contributed by atoms with E-state index in [0.717, 1.165) is 40.1 Å². The van der Waals surface area contributed by atoms with Crippen LogP contribution >= 0.6 is 0 Å². The van der Waals surface area contributed by atoms with Gasteiger partial charge in [0.1, 0.15) is 29.6 Å². The zero-order valence-corrected chi connectivity index (χ0v) is 19.7. The quantitative estimate of drug-likeness (QED) is 0.338. The molecule has 7 heteroatoms. The smallest absolute Gasteiger partial charge is 0.140 e. The van der Waals surface area contributed by atoms with Gasteiger partial charge in [0.15, 0.2) is 0 Å². The summed E-state index contributed by atoms with van der Waals surface area (Å²) in [7, 11) is 0. The van der Waals surface area contributed by atoms with E-state index in [1.54, 1.807) is 19.2 Å². The Balaban J connectivity index is 1.44. The highest BCUT2D eigenvalue weighted by Crippen LogP contribution is 2.39. The molecule has 1 fully saturated rings. The molecule has 2 aliphatic rings. The Morgan fingerprint density at radius 3 is 2.75 bits per heavy atom. The van der Waals surface area contributed by atoms with E-state index in [4.69, 9.17) is 14.5 Å². The fourth-order valence-corrected chi connectivity index (χ4v) is 5.24. The molecule has 1 atom stereocenters. The van der Waals surface area contributed by atoms with Crippen molar-refractivity contribution in [3.8, 4) is 11.8 Å². The van der Waals surface area contributed by atoms with Gasteiger partial charge in [-0.1, -0.05) is 18.2 Å². The Morgan fingerprint density at radius 1 is 1.11 bits per heavy atom. The van der Waals surface area contributed by atoms with Crippen molar-refractivity contribution in [2.24, 2.45) is 0 Å². The number of hydrogen-bond acceptors (Lipinski definition) is 4. The van der Waals surface area contributed by atoms with Crippen molar-refractivity contribution < 1.29 is 18.3 Å². The third kappa shape index (κ3) is 3.84. The highest BCUT2D eigenvalue weighted by molar-refractivity contribution is 5.88. The van der Waals surface area contributed by atoms with Gasteiger partial charge in [-0.15, -0.1) is 0 Å². The fraction of sp³-hybridized carbons (Fsp3) is 0.241. The molecule has 36 heavy (non-hydrogen) atoms. The molecule has 0 radical (unpaired) electrons. The number of ether oxygens (including phenoxy) is 2. The summed E-state index contributed by atoms with van der Waals surface area (Å²) in [5.74, 6) is -0.116. The zero-order chi connectivity index (χ0) is 24.8. The van der Waals surface area contributed by atoms with Crippen molar-refractivity contribution in [1.82, 2.24) is 9.38 Å². The van der Waals surface area contributed by atoms with Crippen LogP contribution in [0, 0.1) is 23.0 Å². The van der Waals surface area contributed by atoms with Gasteiger partial charge < -0.3 is 13.9 Å². The molecule has 4 heterocycles. The second kappa shape index (κ2) is 8.89. The number of nitriles is 1. The molecule has 5 nitrogen and oxygen atoms in total. The number of rotatable bonds is 3. The van der Waals surface area contributed by atoms with Crippen LogP contribution < -0.4 is 4.74 Å². The highest BCUT2D eigenvalue weighted by atomic mass is 19.1. The summed E-state index contributed by atoms with van der Waals surface area (Å²) in [5.41, 5.74) is 7.36. The minimum absolute atomic E-state index is 0.171. The monoisotopic (exact) mass is 483 g/mol. The number of hydrogen-bond donors (Lipinski definition) is 0. The van der Waals surface area contributed by atoms with E-state index in [2.05, 4.69) is 12.1 Å². The number of pyridine rings is 1. The van der Waals surface area contributed by atoms with Gasteiger partial charge in [0.05, 0.1) is 24.1 Å². The Bertz CT molecular complexity index is 1580. The molecule has 1 unspecified atom stereocenters. The molecular weight excluding hydrogens is 460 g/mol. The van der Waals surface area contributed by atoms with Crippen LogP contribution in [0.2, 0.25) is 0 Å². The van der Waals surface area contributed by atoms with Crippen molar-refractivity contribution in [2.75, 3.05) is 13.2 Å². The normalized spacial score (nSPS) is 18.2. The summed E-state index contributed by atoms with van der Waals surface area (Å²) in [6.07, 6.45) is 3.19. The van der Waals surface area contributed by atoms with Gasteiger partial charge in [0.2, 0.25) is 0 Å². The predicted molar refractivity (Wildman–Crippen MR) is 131 cm³/mol. The molecule has 0 saturated carbocycles. The number of aromatic nitrogens is 2. The van der Waals surface area contributed by atoms with E-state index in [1.165, 1.54) is 24.3 Å². The van der Waals surface area contributed by atoms with E-state index < -0.39 is 0 Å². The lowest BCUT2D eigenvalue weighted by molar-refractivity contribution is 0.193. The van der Waals surface area contributed by atoms with Gasteiger partial charge in [-0.2, -0.15) is 5.26 Å². The summed E-state index contributed by atoms with van der Waals surface area (Å²) < 4.78 is 41.5. The van der Waals surface area contributed by atoms with Crippen LogP contribution in [0.25, 0.3) is 11.2 Å². The maximum atomic E-state index is 14.0. The summed E-state index contributed by atoms with van der Waals surface area (Å²) in [6, 6.07) is 15.7. The lowest BCUT2D eigenvalue weighted by Crippen LogP contribution is -2.05. The van der Waals surface area contributed by atoms with Crippen LogP contribution in [0.5, 0.6) is 5.75 Å². The van der Waals surface area contributed by atoms with Crippen LogP contribution in [0.15, 0.2) is 60.3 Å². The molecule has 6 rings (SSSR count). The van der Waals surface area contributed by atoms with Crippen LogP contribution in [0.1, 0.15) is 52.9 Å². The van der Waals surface area contributed by atoms with Gasteiger partial charge in [0.25, 0.3) is 0 Å². The first-order valence-electron chi connectivity index (χ1n) is 11.9. The molecule has 0 spiro atoms.